The molecule has 1 amide bonds. The Kier molecular flexibility index (Phi) is 6.18. The largest absolute Gasteiger partial charge is 0.450 e. The monoisotopic (exact) mass is 376 g/mol. The van der Waals surface area contributed by atoms with Gasteiger partial charge in [-0.1, -0.05) is 12.1 Å². The van der Waals surface area contributed by atoms with Gasteiger partial charge in [0.25, 0.3) is 5.69 Å². The van der Waals surface area contributed by atoms with E-state index in [-0.39, 0.29) is 17.2 Å². The number of nitrogens with zero attached hydrogens (tertiary/aromatic N) is 1. The van der Waals surface area contributed by atoms with E-state index in [1.54, 1.807) is 12.1 Å². The van der Waals surface area contributed by atoms with Crippen LogP contribution in [0.2, 0.25) is 0 Å². The molecule has 8 nitrogen and oxygen atoms in total. The molecule has 26 heavy (non-hydrogen) atoms. The zero-order valence-electron chi connectivity index (χ0n) is 14.1. The lowest BCUT2D eigenvalue weighted by Crippen LogP contribution is -2.24. The van der Waals surface area contributed by atoms with Crippen LogP contribution in [0, 0.1) is 10.1 Å². The lowest BCUT2D eigenvalue weighted by atomic mass is 10.1. The number of nitrogens with one attached hydrogen (secondary N) is 1. The summed E-state index contributed by atoms with van der Waals surface area (Å²) in [5, 5.41) is 13.6. The number of ketones is 1. The number of amides is 1. The molecule has 1 unspecified atom stereocenters. The number of thiophene rings is 1. The van der Waals surface area contributed by atoms with Crippen molar-refractivity contribution in [3.8, 4) is 0 Å². The van der Waals surface area contributed by atoms with Crippen molar-refractivity contribution in [3.05, 3.63) is 61.8 Å². The summed E-state index contributed by atoms with van der Waals surface area (Å²) in [5.74, 6) is -1.54. The second-order valence-electron chi connectivity index (χ2n) is 5.36. The quantitative estimate of drug-likeness (QED) is 0.344. The van der Waals surface area contributed by atoms with Crippen LogP contribution >= 0.6 is 11.3 Å². The van der Waals surface area contributed by atoms with Gasteiger partial charge in [0.15, 0.2) is 6.10 Å². The molecular formula is C17H16N2O6S. The molecule has 1 aromatic heterocycles. The second-order valence-corrected chi connectivity index (χ2v) is 6.53. The van der Waals surface area contributed by atoms with Crippen LogP contribution in [0.25, 0.3) is 0 Å². The van der Waals surface area contributed by atoms with E-state index in [1.807, 2.05) is 0 Å². The molecule has 0 radical (unpaired) electrons. The number of carbonyl (C=O) groups is 3. The van der Waals surface area contributed by atoms with Crippen LogP contribution in [0.1, 0.15) is 38.8 Å². The first-order valence-corrected chi connectivity index (χ1v) is 8.43. The second kappa shape index (κ2) is 8.34. The van der Waals surface area contributed by atoms with Gasteiger partial charge in [-0.05, 0) is 25.1 Å². The Labute approximate surface area is 152 Å². The van der Waals surface area contributed by atoms with Gasteiger partial charge in [0.1, 0.15) is 5.56 Å². The fourth-order valence-corrected chi connectivity index (χ4v) is 3.07. The van der Waals surface area contributed by atoms with Crippen molar-refractivity contribution >= 4 is 34.7 Å². The summed E-state index contributed by atoms with van der Waals surface area (Å²) >= 11 is 1.18. The molecule has 0 aliphatic rings. The SMILES string of the molecule is CC(=O)NCc1ccc(C(=O)C(C)OC(=O)c2ccccc2[N+](=O)[O-])s1. The zero-order valence-corrected chi connectivity index (χ0v) is 14.9. The molecule has 2 rings (SSSR count). The fraction of sp³-hybridized carbons (Fsp3) is 0.235. The third kappa shape index (κ3) is 4.73. The van der Waals surface area contributed by atoms with Crippen molar-refractivity contribution in [2.24, 2.45) is 0 Å². The minimum atomic E-state index is -1.10. The molecule has 9 heteroatoms. The molecule has 1 N–H and O–H groups in total. The van der Waals surface area contributed by atoms with Crippen molar-refractivity contribution in [1.29, 1.82) is 0 Å². The number of para-hydroxylation sites is 1. The Morgan fingerprint density at radius 3 is 2.58 bits per heavy atom. The summed E-state index contributed by atoms with van der Waals surface area (Å²) in [7, 11) is 0. The number of rotatable bonds is 7. The van der Waals surface area contributed by atoms with Crippen LogP contribution in [-0.4, -0.2) is 28.7 Å². The zero-order chi connectivity index (χ0) is 19.3. The number of Topliss-reactive ketones (excluding diaryl/α,β-unsaturated/α-hetero) is 1. The van der Waals surface area contributed by atoms with E-state index in [4.69, 9.17) is 4.74 Å². The molecule has 1 aromatic carbocycles. The summed E-state index contributed by atoms with van der Waals surface area (Å²) in [5.41, 5.74) is -0.597. The average molecular weight is 376 g/mol. The minimum absolute atomic E-state index is 0.182. The smallest absolute Gasteiger partial charge is 0.345 e. The number of benzene rings is 1. The van der Waals surface area contributed by atoms with Gasteiger partial charge in [0, 0.05) is 17.9 Å². The van der Waals surface area contributed by atoms with Crippen molar-refractivity contribution in [2.45, 2.75) is 26.5 Å². The lowest BCUT2D eigenvalue weighted by Gasteiger charge is -2.11. The Morgan fingerprint density at radius 1 is 1.23 bits per heavy atom. The van der Waals surface area contributed by atoms with E-state index in [2.05, 4.69) is 5.32 Å². The highest BCUT2D eigenvalue weighted by Gasteiger charge is 2.26. The standard InChI is InChI=1S/C17H16N2O6S/c1-10(16(21)15-8-7-12(26-15)9-18-11(2)20)25-17(22)13-5-3-4-6-14(13)19(23)24/h3-8,10H,9H2,1-2H3,(H,18,20). The number of carbonyl (C=O) groups excluding carboxylic acids is 3. The number of nitro benzene ring substituents is 1. The minimum Gasteiger partial charge on any atom is -0.450 e. The van der Waals surface area contributed by atoms with Gasteiger partial charge in [0.2, 0.25) is 11.7 Å². The molecular weight excluding hydrogens is 360 g/mol. The molecule has 2 aromatic rings. The summed E-state index contributed by atoms with van der Waals surface area (Å²) < 4.78 is 5.09. The van der Waals surface area contributed by atoms with E-state index in [1.165, 1.54) is 49.4 Å². The molecule has 0 spiro atoms. The first kappa shape index (κ1) is 19.3. The molecule has 1 atom stereocenters. The normalized spacial score (nSPS) is 11.5. The molecule has 0 aliphatic carbocycles. The third-order valence-corrected chi connectivity index (χ3v) is 4.49. The van der Waals surface area contributed by atoms with Gasteiger partial charge >= 0.3 is 5.97 Å². The highest BCUT2D eigenvalue weighted by atomic mass is 32.1. The summed E-state index contributed by atoms with van der Waals surface area (Å²) in [4.78, 5) is 46.9. The van der Waals surface area contributed by atoms with Gasteiger partial charge in [0.05, 0.1) is 16.3 Å². The van der Waals surface area contributed by atoms with Crippen LogP contribution in [0.3, 0.4) is 0 Å². The third-order valence-electron chi connectivity index (χ3n) is 3.39. The maximum atomic E-state index is 12.4. The molecule has 0 bridgehead atoms. The Hall–Kier alpha value is -3.07. The van der Waals surface area contributed by atoms with E-state index < -0.39 is 22.8 Å². The Balaban J connectivity index is 2.06. The topological polar surface area (TPSA) is 116 Å². The van der Waals surface area contributed by atoms with Crippen molar-refractivity contribution in [3.63, 3.8) is 0 Å². The van der Waals surface area contributed by atoms with Gasteiger partial charge in [-0.2, -0.15) is 0 Å². The van der Waals surface area contributed by atoms with Crippen LogP contribution in [-0.2, 0) is 16.1 Å². The molecule has 0 fully saturated rings. The van der Waals surface area contributed by atoms with Crippen LogP contribution < -0.4 is 5.32 Å². The maximum absolute atomic E-state index is 12.4. The predicted octanol–water partition coefficient (Wildman–Crippen LogP) is 2.72. The molecule has 136 valence electrons. The van der Waals surface area contributed by atoms with Crippen molar-refractivity contribution in [1.82, 2.24) is 5.32 Å². The number of nitro groups is 1. The number of ether oxygens (including phenoxy) is 1. The number of esters is 1. The highest BCUT2D eigenvalue weighted by Crippen LogP contribution is 2.22. The summed E-state index contributed by atoms with van der Waals surface area (Å²) in [6, 6.07) is 8.66. The highest BCUT2D eigenvalue weighted by molar-refractivity contribution is 7.14. The van der Waals surface area contributed by atoms with Gasteiger partial charge in [-0.3, -0.25) is 19.7 Å². The van der Waals surface area contributed by atoms with Crippen LogP contribution in [0.4, 0.5) is 5.69 Å². The predicted molar refractivity (Wildman–Crippen MR) is 94.1 cm³/mol. The first-order chi connectivity index (χ1) is 12.3. The van der Waals surface area contributed by atoms with E-state index in [0.717, 1.165) is 4.88 Å². The summed E-state index contributed by atoms with van der Waals surface area (Å²) in [6.07, 6.45) is -1.10. The fourth-order valence-electron chi connectivity index (χ4n) is 2.10. The van der Waals surface area contributed by atoms with Crippen LogP contribution in [0.15, 0.2) is 36.4 Å². The number of hydrogen-bond acceptors (Lipinski definition) is 7. The van der Waals surface area contributed by atoms with E-state index >= 15 is 0 Å². The molecule has 0 saturated heterocycles. The first-order valence-electron chi connectivity index (χ1n) is 7.61. The summed E-state index contributed by atoms with van der Waals surface area (Å²) in [6.45, 7) is 3.10. The van der Waals surface area contributed by atoms with E-state index in [0.29, 0.717) is 11.4 Å². The number of hydrogen-bond donors (Lipinski definition) is 1. The molecule has 0 saturated carbocycles. The Morgan fingerprint density at radius 2 is 1.92 bits per heavy atom. The maximum Gasteiger partial charge on any atom is 0.345 e. The average Bonchev–Trinajstić information content (AvgIpc) is 3.08. The Bertz CT molecular complexity index is 860. The van der Waals surface area contributed by atoms with Crippen molar-refractivity contribution in [2.75, 3.05) is 0 Å². The molecule has 1 heterocycles. The van der Waals surface area contributed by atoms with Gasteiger partial charge in [-0.25, -0.2) is 4.79 Å². The van der Waals surface area contributed by atoms with E-state index in [9.17, 15) is 24.5 Å². The lowest BCUT2D eigenvalue weighted by molar-refractivity contribution is -0.385. The van der Waals surface area contributed by atoms with Crippen molar-refractivity contribution < 1.29 is 24.0 Å². The molecule has 0 aliphatic heterocycles. The van der Waals surface area contributed by atoms with Gasteiger partial charge < -0.3 is 10.1 Å². The van der Waals surface area contributed by atoms with Crippen LogP contribution in [0.5, 0.6) is 0 Å². The van der Waals surface area contributed by atoms with Gasteiger partial charge in [-0.15, -0.1) is 11.3 Å².